The van der Waals surface area contributed by atoms with E-state index in [2.05, 4.69) is 31.4 Å². The van der Waals surface area contributed by atoms with Crippen molar-refractivity contribution in [3.05, 3.63) is 37.0 Å². The smallest absolute Gasteiger partial charge is 0.333 e. The van der Waals surface area contributed by atoms with Gasteiger partial charge in [0.15, 0.2) is 0 Å². The van der Waals surface area contributed by atoms with Gasteiger partial charge < -0.3 is 19.7 Å². The Morgan fingerprint density at radius 2 is 1.30 bits per heavy atom. The lowest BCUT2D eigenvalue weighted by Crippen LogP contribution is -2.05. The molecule has 0 aromatic heterocycles. The average molecular weight is 471 g/mol. The summed E-state index contributed by atoms with van der Waals surface area (Å²) in [6, 6.07) is 0. The molecular formula is C26H46O7. The van der Waals surface area contributed by atoms with Crippen LogP contribution >= 0.6 is 0 Å². The molecule has 0 aliphatic carbocycles. The molecule has 0 saturated heterocycles. The Morgan fingerprint density at radius 3 is 1.64 bits per heavy atom. The second kappa shape index (κ2) is 27.6. The standard InChI is InChI=1S/C16H30O2.C5H8O3.C5H8O2/c1-4-5-6-7-8-9-10-11-12-13-14-18-16(17)15(2)3;1-2-5(7)8-4-3-6;1-3-4(2)5(6)7/h2,4-14H2,1,3H3;2,6H,1,3-4H2;2-3H2,1H3,(H,6,7). The predicted octanol–water partition coefficient (Wildman–Crippen LogP) is 5.77. The van der Waals surface area contributed by atoms with Gasteiger partial charge in [0.05, 0.1) is 13.2 Å². The number of ether oxygens (including phenoxy) is 2. The first-order valence-electron chi connectivity index (χ1n) is 11.8. The largest absolute Gasteiger partial charge is 0.478 e. The number of unbranched alkanes of at least 4 members (excludes halogenated alkanes) is 9. The molecule has 0 spiro atoms. The minimum atomic E-state index is -0.900. The molecular weight excluding hydrogens is 424 g/mol. The topological polar surface area (TPSA) is 110 Å². The Balaban J connectivity index is -0.000000493. The van der Waals surface area contributed by atoms with Gasteiger partial charge in [0, 0.05) is 17.2 Å². The zero-order valence-corrected chi connectivity index (χ0v) is 21.0. The number of rotatable bonds is 17. The van der Waals surface area contributed by atoms with E-state index in [0.717, 1.165) is 12.5 Å². The van der Waals surface area contributed by atoms with E-state index in [1.54, 1.807) is 13.8 Å². The average Bonchev–Trinajstić information content (AvgIpc) is 2.80. The van der Waals surface area contributed by atoms with Crippen LogP contribution in [0.3, 0.4) is 0 Å². The van der Waals surface area contributed by atoms with E-state index in [4.69, 9.17) is 14.9 Å². The number of hydrogen-bond donors (Lipinski definition) is 2. The molecule has 0 unspecified atom stereocenters. The van der Waals surface area contributed by atoms with Crippen molar-refractivity contribution < 1.29 is 34.1 Å². The maximum Gasteiger partial charge on any atom is 0.333 e. The highest BCUT2D eigenvalue weighted by Gasteiger charge is 2.01. The van der Waals surface area contributed by atoms with E-state index in [9.17, 15) is 14.4 Å². The molecule has 192 valence electrons. The summed E-state index contributed by atoms with van der Waals surface area (Å²) in [6.07, 6.45) is 14.5. The summed E-state index contributed by atoms with van der Waals surface area (Å²) in [7, 11) is 0. The molecule has 0 aromatic rings. The van der Waals surface area contributed by atoms with Crippen LogP contribution in [0.15, 0.2) is 37.0 Å². The Morgan fingerprint density at radius 1 is 0.818 bits per heavy atom. The van der Waals surface area contributed by atoms with E-state index >= 15 is 0 Å². The highest BCUT2D eigenvalue weighted by Crippen LogP contribution is 2.10. The summed E-state index contributed by atoms with van der Waals surface area (Å²) in [6.45, 7) is 16.1. The first-order chi connectivity index (χ1) is 15.7. The zero-order chi connectivity index (χ0) is 25.9. The molecule has 0 amide bonds. The Labute approximate surface area is 200 Å². The summed E-state index contributed by atoms with van der Waals surface area (Å²) >= 11 is 0. The van der Waals surface area contributed by atoms with Gasteiger partial charge in [-0.25, -0.2) is 14.4 Å². The summed E-state index contributed by atoms with van der Waals surface area (Å²) in [5.41, 5.74) is 0.752. The highest BCUT2D eigenvalue weighted by molar-refractivity contribution is 5.87. The lowest BCUT2D eigenvalue weighted by Gasteiger charge is -2.04. The summed E-state index contributed by atoms with van der Waals surface area (Å²) in [5.74, 6) is -1.66. The number of aliphatic hydroxyl groups is 1. The number of aliphatic carboxylic acids is 1. The van der Waals surface area contributed by atoms with E-state index in [1.807, 2.05) is 0 Å². The molecule has 7 nitrogen and oxygen atoms in total. The number of aliphatic hydroxyl groups excluding tert-OH is 1. The van der Waals surface area contributed by atoms with Crippen molar-refractivity contribution in [1.82, 2.24) is 0 Å². The molecule has 33 heavy (non-hydrogen) atoms. The van der Waals surface area contributed by atoms with Crippen LogP contribution in [-0.4, -0.2) is 47.9 Å². The van der Waals surface area contributed by atoms with Crippen LogP contribution in [-0.2, 0) is 23.9 Å². The third kappa shape index (κ3) is 31.9. The van der Waals surface area contributed by atoms with Crippen molar-refractivity contribution in [2.45, 2.75) is 91.4 Å². The molecule has 0 fully saturated rings. The van der Waals surface area contributed by atoms with Crippen LogP contribution in [0.5, 0.6) is 0 Å². The van der Waals surface area contributed by atoms with E-state index in [-0.39, 0.29) is 24.8 Å². The van der Waals surface area contributed by atoms with Crippen LogP contribution in [0.1, 0.15) is 91.4 Å². The summed E-state index contributed by atoms with van der Waals surface area (Å²) in [5, 5.41) is 16.2. The molecule has 0 saturated carbocycles. The second-order valence-corrected chi connectivity index (χ2v) is 7.46. The Hall–Kier alpha value is -2.41. The van der Waals surface area contributed by atoms with Gasteiger partial charge in [-0.15, -0.1) is 0 Å². The molecule has 0 bridgehead atoms. The molecule has 7 heteroatoms. The minimum Gasteiger partial charge on any atom is -0.478 e. The van der Waals surface area contributed by atoms with Crippen molar-refractivity contribution in [2.24, 2.45) is 0 Å². The fourth-order valence-corrected chi connectivity index (χ4v) is 2.23. The van der Waals surface area contributed by atoms with Crippen LogP contribution in [0, 0.1) is 0 Å². The normalized spacial score (nSPS) is 9.33. The quantitative estimate of drug-likeness (QED) is 0.158. The van der Waals surface area contributed by atoms with Gasteiger partial charge in [-0.05, 0) is 19.8 Å². The molecule has 0 heterocycles. The molecule has 0 aromatic carbocycles. The Kier molecular flexibility index (Phi) is 29.5. The maximum atomic E-state index is 11.1. The fraction of sp³-hybridized carbons (Fsp3) is 0.654. The number of carboxylic acid groups (broad SMARTS) is 1. The van der Waals surface area contributed by atoms with Crippen molar-refractivity contribution in [3.8, 4) is 0 Å². The van der Waals surface area contributed by atoms with Gasteiger partial charge in [-0.3, -0.25) is 0 Å². The zero-order valence-electron chi connectivity index (χ0n) is 21.0. The van der Waals surface area contributed by atoms with Gasteiger partial charge in [0.1, 0.15) is 6.61 Å². The first-order valence-corrected chi connectivity index (χ1v) is 11.8. The van der Waals surface area contributed by atoms with Crippen molar-refractivity contribution in [1.29, 1.82) is 0 Å². The molecule has 0 aliphatic heterocycles. The van der Waals surface area contributed by atoms with Gasteiger partial charge in [-0.2, -0.15) is 0 Å². The third-order valence-corrected chi connectivity index (χ3v) is 4.31. The number of esters is 2. The SMILES string of the molecule is C=C(C)C(=O)OCCCCCCCCCCCC.C=C(CC)C(=O)O.C=CC(=O)OCCO. The number of hydrogen-bond acceptors (Lipinski definition) is 6. The van der Waals surface area contributed by atoms with E-state index < -0.39 is 11.9 Å². The van der Waals surface area contributed by atoms with Crippen molar-refractivity contribution >= 4 is 17.9 Å². The number of carboxylic acids is 1. The molecule has 0 atom stereocenters. The molecule has 0 radical (unpaired) electrons. The van der Waals surface area contributed by atoms with E-state index in [0.29, 0.717) is 18.6 Å². The second-order valence-electron chi connectivity index (χ2n) is 7.46. The van der Waals surface area contributed by atoms with Gasteiger partial charge in [0.25, 0.3) is 0 Å². The minimum absolute atomic E-state index is 0.0465. The summed E-state index contributed by atoms with van der Waals surface area (Å²) < 4.78 is 9.37. The molecule has 2 N–H and O–H groups in total. The van der Waals surface area contributed by atoms with Gasteiger partial charge >= 0.3 is 17.9 Å². The first kappa shape index (κ1) is 35.2. The highest BCUT2D eigenvalue weighted by atomic mass is 16.5. The Bertz CT molecular complexity index is 553. The predicted molar refractivity (Wildman–Crippen MR) is 133 cm³/mol. The van der Waals surface area contributed by atoms with E-state index in [1.165, 1.54) is 57.8 Å². The van der Waals surface area contributed by atoms with Crippen LogP contribution in [0.4, 0.5) is 0 Å². The fourth-order valence-electron chi connectivity index (χ4n) is 2.23. The van der Waals surface area contributed by atoms with Gasteiger partial charge in [0.2, 0.25) is 0 Å². The molecule has 0 aliphatic rings. The van der Waals surface area contributed by atoms with Gasteiger partial charge in [-0.1, -0.05) is 91.4 Å². The van der Waals surface area contributed by atoms with Crippen molar-refractivity contribution in [2.75, 3.05) is 19.8 Å². The monoisotopic (exact) mass is 470 g/mol. The van der Waals surface area contributed by atoms with Crippen LogP contribution in [0.25, 0.3) is 0 Å². The number of carbonyl (C=O) groups excluding carboxylic acids is 2. The lowest BCUT2D eigenvalue weighted by atomic mass is 10.1. The molecule has 0 rings (SSSR count). The van der Waals surface area contributed by atoms with Crippen LogP contribution < -0.4 is 0 Å². The van der Waals surface area contributed by atoms with Crippen molar-refractivity contribution in [3.63, 3.8) is 0 Å². The maximum absolute atomic E-state index is 11.1. The lowest BCUT2D eigenvalue weighted by molar-refractivity contribution is -0.139. The third-order valence-electron chi connectivity index (χ3n) is 4.31. The number of carbonyl (C=O) groups is 3. The van der Waals surface area contributed by atoms with Crippen LogP contribution in [0.2, 0.25) is 0 Å². The summed E-state index contributed by atoms with van der Waals surface area (Å²) in [4.78, 5) is 31.0.